The van der Waals surface area contributed by atoms with Crippen LogP contribution in [0.2, 0.25) is 5.02 Å². The van der Waals surface area contributed by atoms with Gasteiger partial charge < -0.3 is 10.4 Å². The van der Waals surface area contributed by atoms with Gasteiger partial charge in [0.1, 0.15) is 0 Å². The van der Waals surface area contributed by atoms with E-state index < -0.39 is 6.09 Å². The highest BCUT2D eigenvalue weighted by Gasteiger charge is 2.07. The van der Waals surface area contributed by atoms with E-state index in [1.165, 1.54) is 0 Å². The van der Waals surface area contributed by atoms with E-state index in [0.29, 0.717) is 18.0 Å². The number of amides is 1. The zero-order valence-corrected chi connectivity index (χ0v) is 10.3. The number of halogens is 2. The van der Waals surface area contributed by atoms with Crippen LogP contribution in [0.25, 0.3) is 0 Å². The van der Waals surface area contributed by atoms with Crippen molar-refractivity contribution in [3.05, 3.63) is 34.9 Å². The minimum atomic E-state index is -0.995. The van der Waals surface area contributed by atoms with E-state index in [-0.39, 0.29) is 4.83 Å². The lowest BCUT2D eigenvalue weighted by Gasteiger charge is -2.09. The largest absolute Gasteiger partial charge is 0.465 e. The number of alkyl halides is 1. The van der Waals surface area contributed by atoms with Gasteiger partial charge in [0, 0.05) is 16.4 Å². The van der Waals surface area contributed by atoms with Crippen LogP contribution in [0, 0.1) is 0 Å². The molecule has 1 aromatic rings. The van der Waals surface area contributed by atoms with Crippen LogP contribution < -0.4 is 5.32 Å². The van der Waals surface area contributed by atoms with E-state index >= 15 is 0 Å². The highest BCUT2D eigenvalue weighted by atomic mass is 79.9. The highest BCUT2D eigenvalue weighted by Crippen LogP contribution is 2.26. The summed E-state index contributed by atoms with van der Waals surface area (Å²) in [6.07, 6.45) is -0.292. The topological polar surface area (TPSA) is 49.3 Å². The quantitative estimate of drug-likeness (QED) is 0.835. The Morgan fingerprint density at radius 2 is 2.07 bits per heavy atom. The summed E-state index contributed by atoms with van der Waals surface area (Å²) in [5.74, 6) is 0. The highest BCUT2D eigenvalue weighted by molar-refractivity contribution is 9.09. The van der Waals surface area contributed by atoms with Crippen molar-refractivity contribution in [3.63, 3.8) is 0 Å². The number of hydrogen-bond donors (Lipinski definition) is 2. The van der Waals surface area contributed by atoms with Gasteiger partial charge >= 0.3 is 6.09 Å². The number of carbonyl (C=O) groups is 1. The first-order valence-electron chi connectivity index (χ1n) is 4.46. The Morgan fingerprint density at radius 3 is 2.60 bits per heavy atom. The van der Waals surface area contributed by atoms with E-state index in [4.69, 9.17) is 16.7 Å². The SMILES string of the molecule is O=C(O)NCCC(Br)c1ccc(Cl)cc1. The molecule has 0 aliphatic heterocycles. The third-order valence-electron chi connectivity index (χ3n) is 1.91. The van der Waals surface area contributed by atoms with Crippen LogP contribution >= 0.6 is 27.5 Å². The first-order chi connectivity index (χ1) is 7.09. The van der Waals surface area contributed by atoms with Gasteiger partial charge in [-0.3, -0.25) is 0 Å². The van der Waals surface area contributed by atoms with Crippen LogP contribution in [0.3, 0.4) is 0 Å². The van der Waals surface area contributed by atoms with E-state index in [0.717, 1.165) is 5.56 Å². The first-order valence-corrected chi connectivity index (χ1v) is 5.75. The van der Waals surface area contributed by atoms with E-state index in [2.05, 4.69) is 21.2 Å². The van der Waals surface area contributed by atoms with Gasteiger partial charge in [-0.1, -0.05) is 39.7 Å². The normalized spacial score (nSPS) is 12.1. The molecule has 3 nitrogen and oxygen atoms in total. The third-order valence-corrected chi connectivity index (χ3v) is 3.14. The molecule has 0 aliphatic rings. The maximum absolute atomic E-state index is 10.2. The molecule has 0 bridgehead atoms. The van der Waals surface area contributed by atoms with Gasteiger partial charge in [-0.25, -0.2) is 4.79 Å². The molecule has 15 heavy (non-hydrogen) atoms. The molecule has 1 aromatic carbocycles. The maximum atomic E-state index is 10.2. The van der Waals surface area contributed by atoms with Crippen molar-refractivity contribution in [1.82, 2.24) is 5.32 Å². The van der Waals surface area contributed by atoms with Crippen LogP contribution in [-0.2, 0) is 0 Å². The van der Waals surface area contributed by atoms with Crippen molar-refractivity contribution >= 4 is 33.6 Å². The molecule has 1 unspecified atom stereocenters. The molecular weight excluding hydrogens is 281 g/mol. The number of hydrogen-bond acceptors (Lipinski definition) is 1. The lowest BCUT2D eigenvalue weighted by atomic mass is 10.1. The molecule has 1 amide bonds. The van der Waals surface area contributed by atoms with Gasteiger partial charge in [-0.2, -0.15) is 0 Å². The Kier molecular flexibility index (Phi) is 4.91. The Morgan fingerprint density at radius 1 is 1.47 bits per heavy atom. The molecule has 1 rings (SSSR count). The molecule has 82 valence electrons. The molecule has 0 saturated heterocycles. The monoisotopic (exact) mass is 291 g/mol. The molecule has 0 radical (unpaired) electrons. The third kappa shape index (κ3) is 4.53. The molecule has 5 heteroatoms. The Labute approximate surface area is 102 Å². The van der Waals surface area contributed by atoms with E-state index in [1.54, 1.807) is 0 Å². The summed E-state index contributed by atoms with van der Waals surface area (Å²) in [7, 11) is 0. The fourth-order valence-electron chi connectivity index (χ4n) is 1.14. The van der Waals surface area contributed by atoms with Gasteiger partial charge in [-0.05, 0) is 24.1 Å². The fourth-order valence-corrected chi connectivity index (χ4v) is 1.80. The maximum Gasteiger partial charge on any atom is 0.404 e. The summed E-state index contributed by atoms with van der Waals surface area (Å²) in [4.78, 5) is 10.4. The van der Waals surface area contributed by atoms with Crippen LogP contribution in [0.5, 0.6) is 0 Å². The van der Waals surface area contributed by atoms with Crippen LogP contribution in [0.15, 0.2) is 24.3 Å². The first kappa shape index (κ1) is 12.3. The molecule has 0 heterocycles. The number of nitrogens with one attached hydrogen (secondary N) is 1. The number of rotatable bonds is 4. The lowest BCUT2D eigenvalue weighted by Crippen LogP contribution is -2.22. The van der Waals surface area contributed by atoms with Gasteiger partial charge in [0.15, 0.2) is 0 Å². The predicted octanol–water partition coefficient (Wildman–Crippen LogP) is 3.43. The Balaban J connectivity index is 2.43. The summed E-state index contributed by atoms with van der Waals surface area (Å²) in [5.41, 5.74) is 1.09. The Bertz CT molecular complexity index is 329. The van der Waals surface area contributed by atoms with E-state index in [9.17, 15) is 4.79 Å². The average Bonchev–Trinajstić information content (AvgIpc) is 2.18. The Hall–Kier alpha value is -0.740. The van der Waals surface area contributed by atoms with E-state index in [1.807, 2.05) is 24.3 Å². The van der Waals surface area contributed by atoms with Crippen molar-refractivity contribution in [2.24, 2.45) is 0 Å². The predicted molar refractivity (Wildman–Crippen MR) is 63.8 cm³/mol. The molecular formula is C10H11BrClNO2. The summed E-state index contributed by atoms with van der Waals surface area (Å²) in [6, 6.07) is 7.47. The van der Waals surface area contributed by atoms with Crippen molar-refractivity contribution in [2.45, 2.75) is 11.2 Å². The second-order valence-corrected chi connectivity index (χ2v) is 4.58. The minimum absolute atomic E-state index is 0.140. The van der Waals surface area contributed by atoms with Gasteiger partial charge in [-0.15, -0.1) is 0 Å². The summed E-state index contributed by atoms with van der Waals surface area (Å²) >= 11 is 9.24. The number of carboxylic acid groups (broad SMARTS) is 1. The van der Waals surface area contributed by atoms with Crippen molar-refractivity contribution in [3.8, 4) is 0 Å². The molecule has 0 aromatic heterocycles. The standard InChI is InChI=1S/C10H11BrClNO2/c11-9(5-6-13-10(14)15)7-1-3-8(12)4-2-7/h1-4,9,13H,5-6H2,(H,14,15). The van der Waals surface area contributed by atoms with Gasteiger partial charge in [0.2, 0.25) is 0 Å². The molecule has 0 aliphatic carbocycles. The van der Waals surface area contributed by atoms with Crippen molar-refractivity contribution < 1.29 is 9.90 Å². The fraction of sp³-hybridized carbons (Fsp3) is 0.300. The molecule has 1 atom stereocenters. The zero-order chi connectivity index (χ0) is 11.3. The number of benzene rings is 1. The lowest BCUT2D eigenvalue weighted by molar-refractivity contribution is 0.194. The zero-order valence-electron chi connectivity index (χ0n) is 7.91. The second-order valence-electron chi connectivity index (χ2n) is 3.04. The molecule has 2 N–H and O–H groups in total. The van der Waals surface area contributed by atoms with Gasteiger partial charge in [0.05, 0.1) is 0 Å². The average molecular weight is 293 g/mol. The van der Waals surface area contributed by atoms with Crippen molar-refractivity contribution in [1.29, 1.82) is 0 Å². The van der Waals surface area contributed by atoms with Crippen LogP contribution in [-0.4, -0.2) is 17.7 Å². The summed E-state index contributed by atoms with van der Waals surface area (Å²) < 4.78 is 0. The minimum Gasteiger partial charge on any atom is -0.465 e. The summed E-state index contributed by atoms with van der Waals surface area (Å²) in [5, 5.41) is 11.4. The van der Waals surface area contributed by atoms with Crippen LogP contribution in [0.1, 0.15) is 16.8 Å². The summed E-state index contributed by atoms with van der Waals surface area (Å²) in [6.45, 7) is 0.424. The van der Waals surface area contributed by atoms with Crippen molar-refractivity contribution in [2.75, 3.05) is 6.54 Å². The molecule has 0 saturated carbocycles. The van der Waals surface area contributed by atoms with Gasteiger partial charge in [0.25, 0.3) is 0 Å². The molecule has 0 spiro atoms. The molecule has 0 fully saturated rings. The van der Waals surface area contributed by atoms with Crippen LogP contribution in [0.4, 0.5) is 4.79 Å². The smallest absolute Gasteiger partial charge is 0.404 e. The second kappa shape index (κ2) is 5.98.